The monoisotopic (exact) mass is 246 g/mol. The molecule has 0 saturated carbocycles. The number of esters is 1. The smallest absolute Gasteiger partial charge is 0.333 e. The lowest BCUT2D eigenvalue weighted by atomic mass is 10.0. The van der Waals surface area contributed by atoms with Crippen molar-refractivity contribution in [1.82, 2.24) is 0 Å². The van der Waals surface area contributed by atoms with Gasteiger partial charge in [0, 0.05) is 18.4 Å². The fourth-order valence-electron chi connectivity index (χ4n) is 1.56. The Morgan fingerprint density at radius 1 is 1.22 bits per heavy atom. The molecule has 0 fully saturated rings. The third-order valence-corrected chi connectivity index (χ3v) is 2.51. The number of hydrogen-bond donors (Lipinski definition) is 0. The Morgan fingerprint density at radius 2 is 1.89 bits per heavy atom. The van der Waals surface area contributed by atoms with Crippen LogP contribution in [-0.2, 0) is 20.7 Å². The van der Waals surface area contributed by atoms with E-state index in [0.717, 1.165) is 5.56 Å². The molecule has 0 aliphatic heterocycles. The molecule has 0 saturated heterocycles. The topological polar surface area (TPSA) is 43.4 Å². The lowest BCUT2D eigenvalue weighted by molar-refractivity contribution is -0.139. The van der Waals surface area contributed by atoms with Gasteiger partial charge in [-0.1, -0.05) is 36.9 Å². The van der Waals surface area contributed by atoms with Crippen LogP contribution >= 0.6 is 0 Å². The highest BCUT2D eigenvalue weighted by Crippen LogP contribution is 2.08. The molecular formula is C15H18O3. The molecule has 0 spiro atoms. The van der Waals surface area contributed by atoms with Crippen molar-refractivity contribution in [3.05, 3.63) is 48.0 Å². The third kappa shape index (κ3) is 4.95. The first-order valence-corrected chi connectivity index (χ1v) is 6.04. The number of aryl methyl sites for hydroxylation is 1. The summed E-state index contributed by atoms with van der Waals surface area (Å²) < 4.78 is 4.78. The van der Waals surface area contributed by atoms with Crippen LogP contribution in [0.1, 0.15) is 25.3 Å². The Hall–Kier alpha value is -1.90. The first kappa shape index (κ1) is 14.2. The van der Waals surface area contributed by atoms with E-state index in [9.17, 15) is 9.59 Å². The molecule has 1 aromatic carbocycles. The molecule has 0 heterocycles. The van der Waals surface area contributed by atoms with Crippen LogP contribution in [0.15, 0.2) is 42.5 Å². The van der Waals surface area contributed by atoms with Crippen molar-refractivity contribution < 1.29 is 14.3 Å². The summed E-state index contributed by atoms with van der Waals surface area (Å²) in [6, 6.07) is 9.78. The fraction of sp³-hybridized carbons (Fsp3) is 0.333. The van der Waals surface area contributed by atoms with Gasteiger partial charge in [-0.05, 0) is 18.9 Å². The molecule has 1 aromatic rings. The maximum atomic E-state index is 11.7. The largest absolute Gasteiger partial charge is 0.463 e. The van der Waals surface area contributed by atoms with Crippen molar-refractivity contribution in [2.75, 3.05) is 6.61 Å². The minimum Gasteiger partial charge on any atom is -0.463 e. The second-order valence-corrected chi connectivity index (χ2v) is 4.03. The van der Waals surface area contributed by atoms with E-state index in [1.54, 1.807) is 6.92 Å². The molecule has 0 aliphatic carbocycles. The Kier molecular flexibility index (Phi) is 5.85. The number of hydrogen-bond acceptors (Lipinski definition) is 3. The van der Waals surface area contributed by atoms with Crippen LogP contribution in [0, 0.1) is 0 Å². The lowest BCUT2D eigenvalue weighted by Crippen LogP contribution is -2.11. The summed E-state index contributed by atoms with van der Waals surface area (Å²) >= 11 is 0. The number of ketones is 1. The molecule has 96 valence electrons. The highest BCUT2D eigenvalue weighted by atomic mass is 16.5. The summed E-state index contributed by atoms with van der Waals surface area (Å²) in [5.74, 6) is -0.470. The van der Waals surface area contributed by atoms with E-state index in [0.29, 0.717) is 19.4 Å². The van der Waals surface area contributed by atoms with Gasteiger partial charge in [0.15, 0.2) is 0 Å². The second-order valence-electron chi connectivity index (χ2n) is 4.03. The van der Waals surface area contributed by atoms with Crippen LogP contribution in [0.5, 0.6) is 0 Å². The number of benzene rings is 1. The average molecular weight is 246 g/mol. The van der Waals surface area contributed by atoms with E-state index >= 15 is 0 Å². The molecule has 3 heteroatoms. The van der Waals surface area contributed by atoms with Gasteiger partial charge in [0.1, 0.15) is 5.78 Å². The zero-order chi connectivity index (χ0) is 13.4. The molecule has 0 unspecified atom stereocenters. The number of ether oxygens (including phenoxy) is 1. The van der Waals surface area contributed by atoms with Crippen LogP contribution in [-0.4, -0.2) is 18.4 Å². The molecule has 0 bridgehead atoms. The van der Waals surface area contributed by atoms with Gasteiger partial charge in [-0.3, -0.25) is 4.79 Å². The van der Waals surface area contributed by atoms with E-state index in [1.807, 2.05) is 30.3 Å². The van der Waals surface area contributed by atoms with Crippen molar-refractivity contribution >= 4 is 11.8 Å². The van der Waals surface area contributed by atoms with E-state index in [1.165, 1.54) is 0 Å². The van der Waals surface area contributed by atoms with Gasteiger partial charge in [-0.2, -0.15) is 0 Å². The highest BCUT2D eigenvalue weighted by Gasteiger charge is 2.12. The predicted octanol–water partition coefficient (Wildman–Crippen LogP) is 2.70. The van der Waals surface area contributed by atoms with Gasteiger partial charge in [-0.15, -0.1) is 0 Å². The van der Waals surface area contributed by atoms with Crippen molar-refractivity contribution in [2.45, 2.75) is 26.2 Å². The summed E-state index contributed by atoms with van der Waals surface area (Å²) in [4.78, 5) is 22.9. The maximum Gasteiger partial charge on any atom is 0.333 e. The molecule has 18 heavy (non-hydrogen) atoms. The fourth-order valence-corrected chi connectivity index (χ4v) is 1.56. The lowest BCUT2D eigenvalue weighted by Gasteiger charge is -2.04. The minimum absolute atomic E-state index is 0.0110. The first-order valence-electron chi connectivity index (χ1n) is 6.04. The minimum atomic E-state index is -0.481. The summed E-state index contributed by atoms with van der Waals surface area (Å²) in [5, 5.41) is 0. The molecule has 0 N–H and O–H groups in total. The highest BCUT2D eigenvalue weighted by molar-refractivity contribution is 5.95. The van der Waals surface area contributed by atoms with Gasteiger partial charge in [0.2, 0.25) is 0 Å². The number of carbonyl (C=O) groups excluding carboxylic acids is 2. The van der Waals surface area contributed by atoms with Crippen molar-refractivity contribution in [3.63, 3.8) is 0 Å². The molecule has 3 nitrogen and oxygen atoms in total. The van der Waals surface area contributed by atoms with Crippen LogP contribution in [0.3, 0.4) is 0 Å². The van der Waals surface area contributed by atoms with Crippen molar-refractivity contribution in [3.8, 4) is 0 Å². The molecule has 0 amide bonds. The maximum absolute atomic E-state index is 11.7. The zero-order valence-corrected chi connectivity index (χ0v) is 10.6. The molecule has 0 radical (unpaired) electrons. The van der Waals surface area contributed by atoms with Crippen LogP contribution in [0.4, 0.5) is 0 Å². The third-order valence-electron chi connectivity index (χ3n) is 2.51. The Morgan fingerprint density at radius 3 is 2.50 bits per heavy atom. The molecule has 0 aromatic heterocycles. The van der Waals surface area contributed by atoms with E-state index in [2.05, 4.69) is 6.58 Å². The Balaban J connectivity index is 2.34. The molecule has 0 aliphatic rings. The predicted molar refractivity (Wildman–Crippen MR) is 70.2 cm³/mol. The van der Waals surface area contributed by atoms with Crippen molar-refractivity contribution in [1.29, 1.82) is 0 Å². The Labute approximate surface area is 107 Å². The van der Waals surface area contributed by atoms with Gasteiger partial charge >= 0.3 is 5.97 Å². The summed E-state index contributed by atoms with van der Waals surface area (Å²) in [6.07, 6.45) is 1.18. The Bertz CT molecular complexity index is 421. The average Bonchev–Trinajstić information content (AvgIpc) is 2.38. The second kappa shape index (κ2) is 7.43. The normalized spacial score (nSPS) is 9.83. The molecule has 1 rings (SSSR count). The molecular weight excluding hydrogens is 228 g/mol. The standard InChI is InChI=1S/C15H18O3/c1-3-18-15(17)12(2)11-14(16)10-9-13-7-5-4-6-8-13/h4-8H,2-3,9-11H2,1H3. The summed E-state index contributed by atoms with van der Waals surface area (Å²) in [7, 11) is 0. The van der Waals surface area contributed by atoms with Crippen LogP contribution in [0.25, 0.3) is 0 Å². The molecule has 0 atom stereocenters. The van der Waals surface area contributed by atoms with Gasteiger partial charge in [-0.25, -0.2) is 4.79 Å². The summed E-state index contributed by atoms with van der Waals surface area (Å²) in [5.41, 5.74) is 1.35. The van der Waals surface area contributed by atoms with Crippen LogP contribution in [0.2, 0.25) is 0 Å². The zero-order valence-electron chi connectivity index (χ0n) is 10.6. The van der Waals surface area contributed by atoms with Gasteiger partial charge in [0.05, 0.1) is 6.61 Å². The number of carbonyl (C=O) groups is 2. The number of rotatable bonds is 7. The van der Waals surface area contributed by atoms with E-state index < -0.39 is 5.97 Å². The van der Waals surface area contributed by atoms with Crippen molar-refractivity contribution in [2.24, 2.45) is 0 Å². The first-order chi connectivity index (χ1) is 8.63. The quantitative estimate of drug-likeness (QED) is 0.549. The van der Waals surface area contributed by atoms with Gasteiger partial charge < -0.3 is 4.74 Å². The number of Topliss-reactive ketones (excluding diaryl/α,β-unsaturated/α-hetero) is 1. The van der Waals surface area contributed by atoms with Crippen LogP contribution < -0.4 is 0 Å². The van der Waals surface area contributed by atoms with E-state index in [-0.39, 0.29) is 17.8 Å². The summed E-state index contributed by atoms with van der Waals surface area (Å²) in [6.45, 7) is 5.60. The van der Waals surface area contributed by atoms with E-state index in [4.69, 9.17) is 4.74 Å². The van der Waals surface area contributed by atoms with Gasteiger partial charge in [0.25, 0.3) is 0 Å². The SMILES string of the molecule is C=C(CC(=O)CCc1ccccc1)C(=O)OCC.